The van der Waals surface area contributed by atoms with E-state index in [-0.39, 0.29) is 3.57 Å². The zero-order valence-electron chi connectivity index (χ0n) is 6.09. The van der Waals surface area contributed by atoms with E-state index in [4.69, 9.17) is 0 Å². The summed E-state index contributed by atoms with van der Waals surface area (Å²) in [6, 6.07) is 1.65. The van der Waals surface area contributed by atoms with Crippen LogP contribution in [-0.2, 0) is 10.0 Å². The Labute approximate surface area is 87.1 Å². The predicted octanol–water partition coefficient (Wildman–Crippen LogP) is 1.22. The van der Waals surface area contributed by atoms with E-state index >= 15 is 0 Å². The summed E-state index contributed by atoms with van der Waals surface area (Å²) in [4.78, 5) is -0.696. The van der Waals surface area contributed by atoms with Gasteiger partial charge in [0.2, 0.25) is 10.0 Å². The fourth-order valence-electron chi connectivity index (χ4n) is 0.728. The first kappa shape index (κ1) is 10.8. The van der Waals surface area contributed by atoms with Crippen molar-refractivity contribution in [2.24, 2.45) is 5.14 Å². The molecule has 72 valence electrons. The minimum absolute atomic E-state index is 0.385. The van der Waals surface area contributed by atoms with Gasteiger partial charge in [0.1, 0.15) is 10.7 Å². The van der Waals surface area contributed by atoms with Crippen LogP contribution in [0.1, 0.15) is 0 Å². The van der Waals surface area contributed by atoms with Crippen LogP contribution in [0, 0.1) is 15.2 Å². The second-order valence-electron chi connectivity index (χ2n) is 2.22. The van der Waals surface area contributed by atoms with Gasteiger partial charge in [0.25, 0.3) is 0 Å². The van der Waals surface area contributed by atoms with Crippen molar-refractivity contribution in [2.45, 2.75) is 4.90 Å². The summed E-state index contributed by atoms with van der Waals surface area (Å²) in [5.41, 5.74) is 0. The van der Waals surface area contributed by atoms with Gasteiger partial charge in [-0.25, -0.2) is 22.3 Å². The molecule has 13 heavy (non-hydrogen) atoms. The van der Waals surface area contributed by atoms with Crippen molar-refractivity contribution in [3.63, 3.8) is 0 Å². The number of nitrogens with two attached hydrogens (primary N) is 1. The maximum atomic E-state index is 13.1. The van der Waals surface area contributed by atoms with Gasteiger partial charge < -0.3 is 0 Å². The van der Waals surface area contributed by atoms with Gasteiger partial charge >= 0.3 is 0 Å². The molecule has 0 saturated heterocycles. The van der Waals surface area contributed by atoms with Crippen LogP contribution < -0.4 is 5.14 Å². The van der Waals surface area contributed by atoms with Gasteiger partial charge in [-0.2, -0.15) is 0 Å². The summed E-state index contributed by atoms with van der Waals surface area (Å²) in [6.45, 7) is 0. The van der Waals surface area contributed by atoms with E-state index in [1.807, 2.05) is 0 Å². The summed E-state index contributed by atoms with van der Waals surface area (Å²) < 4.78 is 46.8. The first-order valence-electron chi connectivity index (χ1n) is 3.00. The Balaban J connectivity index is 3.53. The molecule has 3 nitrogen and oxygen atoms in total. The van der Waals surface area contributed by atoms with E-state index < -0.39 is 26.6 Å². The number of rotatable bonds is 1. The molecule has 0 fully saturated rings. The zero-order valence-corrected chi connectivity index (χ0v) is 9.06. The summed E-state index contributed by atoms with van der Waals surface area (Å²) in [5, 5.41) is 4.68. The van der Waals surface area contributed by atoms with Crippen molar-refractivity contribution in [1.29, 1.82) is 0 Å². The molecule has 2 N–H and O–H groups in total. The SMILES string of the molecule is NS(=O)(=O)c1ccc(F)c(I)c1F. The Morgan fingerprint density at radius 3 is 2.31 bits per heavy atom. The van der Waals surface area contributed by atoms with Crippen LogP contribution in [0.5, 0.6) is 0 Å². The molecule has 0 aromatic heterocycles. The molecule has 0 amide bonds. The summed E-state index contributed by atoms with van der Waals surface area (Å²) >= 11 is 1.36. The van der Waals surface area contributed by atoms with Gasteiger partial charge in [-0.1, -0.05) is 0 Å². The van der Waals surface area contributed by atoms with Crippen LogP contribution in [0.15, 0.2) is 17.0 Å². The summed E-state index contributed by atoms with van der Waals surface area (Å²) in [7, 11) is -4.12. The third-order valence-electron chi connectivity index (χ3n) is 1.31. The molecule has 0 spiro atoms. The molecular weight excluding hydrogens is 315 g/mol. The highest BCUT2D eigenvalue weighted by atomic mass is 127. The number of benzene rings is 1. The number of hydrogen-bond acceptors (Lipinski definition) is 2. The van der Waals surface area contributed by atoms with Crippen LogP contribution >= 0.6 is 22.6 Å². The molecule has 1 rings (SSSR count). The average molecular weight is 319 g/mol. The predicted molar refractivity (Wildman–Crippen MR) is 50.4 cm³/mol. The Morgan fingerprint density at radius 2 is 1.85 bits per heavy atom. The van der Waals surface area contributed by atoms with E-state index in [1.54, 1.807) is 0 Å². The molecule has 1 aromatic carbocycles. The Bertz CT molecular complexity index is 446. The maximum Gasteiger partial charge on any atom is 0.241 e. The lowest BCUT2D eigenvalue weighted by Crippen LogP contribution is -2.15. The molecule has 0 heterocycles. The van der Waals surface area contributed by atoms with Gasteiger partial charge in [-0.15, -0.1) is 0 Å². The van der Waals surface area contributed by atoms with Crippen molar-refractivity contribution in [1.82, 2.24) is 0 Å². The lowest BCUT2D eigenvalue weighted by molar-refractivity contribution is 0.540. The zero-order chi connectivity index (χ0) is 10.2. The first-order valence-corrected chi connectivity index (χ1v) is 5.63. The number of sulfonamides is 1. The van der Waals surface area contributed by atoms with E-state index in [0.29, 0.717) is 0 Å². The highest BCUT2D eigenvalue weighted by Gasteiger charge is 2.18. The van der Waals surface area contributed by atoms with Gasteiger partial charge in [0, 0.05) is 0 Å². The molecule has 0 saturated carbocycles. The molecular formula is C6H4F2INO2S. The summed E-state index contributed by atoms with van der Waals surface area (Å²) in [5.74, 6) is -1.96. The van der Waals surface area contributed by atoms with E-state index in [1.165, 1.54) is 22.6 Å². The molecule has 1 aromatic rings. The molecule has 0 atom stereocenters. The normalized spacial score (nSPS) is 11.7. The largest absolute Gasteiger partial charge is 0.241 e. The van der Waals surface area contributed by atoms with Crippen molar-refractivity contribution >= 4 is 32.6 Å². The van der Waals surface area contributed by atoms with Gasteiger partial charge in [-0.05, 0) is 34.7 Å². The molecule has 0 unspecified atom stereocenters. The van der Waals surface area contributed by atoms with Crippen molar-refractivity contribution in [3.8, 4) is 0 Å². The smallest absolute Gasteiger partial charge is 0.225 e. The minimum Gasteiger partial charge on any atom is -0.225 e. The van der Waals surface area contributed by atoms with Crippen LogP contribution in [0.4, 0.5) is 8.78 Å². The Kier molecular flexibility index (Phi) is 2.88. The third-order valence-corrected chi connectivity index (χ3v) is 3.22. The van der Waals surface area contributed by atoms with Crippen molar-refractivity contribution < 1.29 is 17.2 Å². The molecule has 0 aliphatic heterocycles. The number of primary sulfonamides is 1. The van der Waals surface area contributed by atoms with E-state index in [0.717, 1.165) is 12.1 Å². The Hall–Kier alpha value is -0.280. The van der Waals surface area contributed by atoms with Crippen molar-refractivity contribution in [2.75, 3.05) is 0 Å². The lowest BCUT2D eigenvalue weighted by atomic mass is 10.3. The molecule has 7 heteroatoms. The average Bonchev–Trinajstić information content (AvgIpc) is 1.98. The monoisotopic (exact) mass is 319 g/mol. The maximum absolute atomic E-state index is 13.1. The number of halogens is 3. The Morgan fingerprint density at radius 1 is 1.31 bits per heavy atom. The quantitative estimate of drug-likeness (QED) is 0.625. The van der Waals surface area contributed by atoms with E-state index in [2.05, 4.69) is 5.14 Å². The lowest BCUT2D eigenvalue weighted by Gasteiger charge is -2.02. The molecule has 0 aliphatic rings. The van der Waals surface area contributed by atoms with Gasteiger partial charge in [0.05, 0.1) is 3.57 Å². The third kappa shape index (κ3) is 2.15. The first-order chi connectivity index (χ1) is 5.84. The fraction of sp³-hybridized carbons (Fsp3) is 0. The van der Waals surface area contributed by atoms with Crippen LogP contribution in [-0.4, -0.2) is 8.42 Å². The molecule has 0 aliphatic carbocycles. The van der Waals surface area contributed by atoms with Crippen LogP contribution in [0.3, 0.4) is 0 Å². The molecule has 0 radical (unpaired) electrons. The topological polar surface area (TPSA) is 60.2 Å². The fourth-order valence-corrected chi connectivity index (χ4v) is 1.99. The second-order valence-corrected chi connectivity index (χ2v) is 4.83. The second kappa shape index (κ2) is 3.46. The van der Waals surface area contributed by atoms with Gasteiger partial charge in [-0.3, -0.25) is 0 Å². The molecule has 0 bridgehead atoms. The van der Waals surface area contributed by atoms with Crippen LogP contribution in [0.25, 0.3) is 0 Å². The number of hydrogen-bond donors (Lipinski definition) is 1. The van der Waals surface area contributed by atoms with Crippen molar-refractivity contribution in [3.05, 3.63) is 27.3 Å². The van der Waals surface area contributed by atoms with Crippen LogP contribution in [0.2, 0.25) is 0 Å². The standard InChI is InChI=1S/C6H4F2INO2S/c7-3-1-2-4(13(10,11)12)5(8)6(3)9/h1-2H,(H2,10,11,12). The highest BCUT2D eigenvalue weighted by molar-refractivity contribution is 14.1. The van der Waals surface area contributed by atoms with E-state index in [9.17, 15) is 17.2 Å². The summed E-state index contributed by atoms with van der Waals surface area (Å²) in [6.07, 6.45) is 0. The van der Waals surface area contributed by atoms with Gasteiger partial charge in [0.15, 0.2) is 5.82 Å². The highest BCUT2D eigenvalue weighted by Crippen LogP contribution is 2.21. The minimum atomic E-state index is -4.12.